The third-order valence-electron chi connectivity index (χ3n) is 4.75. The lowest BCUT2D eigenvalue weighted by atomic mass is 9.99. The van der Waals surface area contributed by atoms with Crippen molar-refractivity contribution in [1.82, 2.24) is 4.90 Å². The summed E-state index contributed by atoms with van der Waals surface area (Å²) in [6, 6.07) is 13.6. The van der Waals surface area contributed by atoms with Crippen LogP contribution in [0.25, 0.3) is 11.1 Å². The molecule has 0 saturated heterocycles. The van der Waals surface area contributed by atoms with Crippen molar-refractivity contribution in [2.24, 2.45) is 0 Å². The Morgan fingerprint density at radius 1 is 1.10 bits per heavy atom. The van der Waals surface area contributed by atoms with E-state index in [0.717, 1.165) is 35.1 Å². The van der Waals surface area contributed by atoms with Gasteiger partial charge in [0.15, 0.2) is 0 Å². The molecule has 7 heteroatoms. The standard InChI is InChI=1S/C23H32N2O4S/c1-18(2)29-11-7-10-25(17-26)16-20-12-19(3)13-22(14-20)21-8-6-9-23(15-21)24(4)30(5,27)28/h6,8-9,12-15,17-18H,7,10-11,16H2,1-5H3. The first kappa shape index (κ1) is 23.9. The highest BCUT2D eigenvalue weighted by atomic mass is 32.2. The number of amides is 1. The molecular weight excluding hydrogens is 400 g/mol. The van der Waals surface area contributed by atoms with Gasteiger partial charge in [-0.25, -0.2) is 8.42 Å². The van der Waals surface area contributed by atoms with Crippen molar-refractivity contribution in [2.75, 3.05) is 30.8 Å². The molecule has 0 atom stereocenters. The topological polar surface area (TPSA) is 66.9 Å². The van der Waals surface area contributed by atoms with Crippen molar-refractivity contribution in [1.29, 1.82) is 0 Å². The van der Waals surface area contributed by atoms with Crippen LogP contribution < -0.4 is 4.31 Å². The monoisotopic (exact) mass is 432 g/mol. The van der Waals surface area contributed by atoms with Crippen LogP contribution in [0.4, 0.5) is 5.69 Å². The molecule has 6 nitrogen and oxygen atoms in total. The molecule has 0 heterocycles. The smallest absolute Gasteiger partial charge is 0.231 e. The third kappa shape index (κ3) is 7.15. The van der Waals surface area contributed by atoms with Crippen LogP contribution in [0.3, 0.4) is 0 Å². The van der Waals surface area contributed by atoms with Gasteiger partial charge in [-0.3, -0.25) is 9.10 Å². The molecule has 0 aliphatic heterocycles. The van der Waals surface area contributed by atoms with Gasteiger partial charge in [-0.1, -0.05) is 29.8 Å². The quantitative estimate of drug-likeness (QED) is 0.400. The number of aryl methyl sites for hydroxylation is 1. The lowest BCUT2D eigenvalue weighted by molar-refractivity contribution is -0.118. The Balaban J connectivity index is 2.20. The molecule has 30 heavy (non-hydrogen) atoms. The summed E-state index contributed by atoms with van der Waals surface area (Å²) in [7, 11) is -1.79. The lowest BCUT2D eigenvalue weighted by Crippen LogP contribution is -2.24. The molecule has 2 aromatic rings. The summed E-state index contributed by atoms with van der Waals surface area (Å²) >= 11 is 0. The normalized spacial score (nSPS) is 11.5. The maximum absolute atomic E-state index is 11.9. The molecule has 1 amide bonds. The highest BCUT2D eigenvalue weighted by Gasteiger charge is 2.13. The van der Waals surface area contributed by atoms with Crippen LogP contribution in [0.2, 0.25) is 0 Å². The van der Waals surface area contributed by atoms with E-state index in [0.29, 0.717) is 25.4 Å². The Bertz CT molecular complexity index is 957. The van der Waals surface area contributed by atoms with E-state index in [1.807, 2.05) is 45.0 Å². The van der Waals surface area contributed by atoms with E-state index in [1.165, 1.54) is 10.6 Å². The van der Waals surface area contributed by atoms with Crippen molar-refractivity contribution in [3.63, 3.8) is 0 Å². The Morgan fingerprint density at radius 2 is 1.83 bits per heavy atom. The number of sulfonamides is 1. The van der Waals surface area contributed by atoms with Gasteiger partial charge >= 0.3 is 0 Å². The van der Waals surface area contributed by atoms with E-state index in [1.54, 1.807) is 18.0 Å². The van der Waals surface area contributed by atoms with Gasteiger partial charge in [-0.05, 0) is 62.1 Å². The largest absolute Gasteiger partial charge is 0.379 e. The fourth-order valence-electron chi connectivity index (χ4n) is 3.18. The number of benzene rings is 2. The first-order valence-electron chi connectivity index (χ1n) is 10.1. The van der Waals surface area contributed by atoms with Crippen LogP contribution in [-0.2, 0) is 26.1 Å². The highest BCUT2D eigenvalue weighted by molar-refractivity contribution is 7.92. The van der Waals surface area contributed by atoms with Gasteiger partial charge in [0.2, 0.25) is 16.4 Å². The second-order valence-corrected chi connectivity index (χ2v) is 9.85. The average molecular weight is 433 g/mol. The van der Waals surface area contributed by atoms with E-state index in [2.05, 4.69) is 12.1 Å². The van der Waals surface area contributed by atoms with Crippen LogP contribution in [0.5, 0.6) is 0 Å². The molecule has 2 rings (SSSR count). The Hall–Kier alpha value is -2.38. The Labute approximate surface area is 180 Å². The second-order valence-electron chi connectivity index (χ2n) is 7.84. The zero-order chi connectivity index (χ0) is 22.3. The number of carbonyl (C=O) groups is 1. The van der Waals surface area contributed by atoms with E-state index in [9.17, 15) is 13.2 Å². The first-order chi connectivity index (χ1) is 14.1. The zero-order valence-corrected chi connectivity index (χ0v) is 19.3. The summed E-state index contributed by atoms with van der Waals surface area (Å²) < 4.78 is 30.5. The van der Waals surface area contributed by atoms with Crippen LogP contribution in [0.1, 0.15) is 31.4 Å². The minimum absolute atomic E-state index is 0.187. The number of hydrogen-bond donors (Lipinski definition) is 0. The lowest BCUT2D eigenvalue weighted by Gasteiger charge is -2.20. The molecule has 0 aromatic heterocycles. The van der Waals surface area contributed by atoms with Crippen molar-refractivity contribution in [3.05, 3.63) is 53.6 Å². The number of ether oxygens (including phenoxy) is 1. The predicted molar refractivity (Wildman–Crippen MR) is 122 cm³/mol. The van der Waals surface area contributed by atoms with Gasteiger partial charge in [0.05, 0.1) is 18.0 Å². The molecule has 0 bridgehead atoms. The molecule has 0 N–H and O–H groups in total. The molecule has 0 aliphatic carbocycles. The third-order valence-corrected chi connectivity index (χ3v) is 5.96. The number of nitrogens with zero attached hydrogens (tertiary/aromatic N) is 2. The van der Waals surface area contributed by atoms with Crippen LogP contribution >= 0.6 is 0 Å². The maximum atomic E-state index is 11.9. The van der Waals surface area contributed by atoms with Crippen molar-refractivity contribution >= 4 is 22.1 Å². The summed E-state index contributed by atoms with van der Waals surface area (Å²) in [5.74, 6) is 0. The number of rotatable bonds is 11. The molecular formula is C23H32N2O4S. The van der Waals surface area contributed by atoms with Gasteiger partial charge in [0.25, 0.3) is 0 Å². The summed E-state index contributed by atoms with van der Waals surface area (Å²) in [5, 5.41) is 0. The van der Waals surface area contributed by atoms with Crippen LogP contribution in [0.15, 0.2) is 42.5 Å². The fourth-order valence-corrected chi connectivity index (χ4v) is 3.68. The Morgan fingerprint density at radius 3 is 2.47 bits per heavy atom. The SMILES string of the molecule is Cc1cc(CN(C=O)CCCOC(C)C)cc(-c2cccc(N(C)S(C)(=O)=O)c2)c1. The highest BCUT2D eigenvalue weighted by Crippen LogP contribution is 2.27. The minimum Gasteiger partial charge on any atom is -0.379 e. The van der Waals surface area contributed by atoms with Crippen LogP contribution in [-0.4, -0.2) is 52.3 Å². The predicted octanol–water partition coefficient (Wildman–Crippen LogP) is 3.83. The summed E-state index contributed by atoms with van der Waals surface area (Å²) in [6.45, 7) is 7.78. The second kappa shape index (κ2) is 10.6. The minimum atomic E-state index is -3.33. The summed E-state index contributed by atoms with van der Waals surface area (Å²) in [6.07, 6.45) is 3.03. The van der Waals surface area contributed by atoms with Gasteiger partial charge in [0.1, 0.15) is 0 Å². The van der Waals surface area contributed by atoms with E-state index >= 15 is 0 Å². The first-order valence-corrected chi connectivity index (χ1v) is 11.9. The fraction of sp³-hybridized carbons (Fsp3) is 0.435. The molecule has 0 fully saturated rings. The molecule has 0 spiro atoms. The summed E-state index contributed by atoms with van der Waals surface area (Å²) in [5.41, 5.74) is 4.64. The zero-order valence-electron chi connectivity index (χ0n) is 18.5. The van der Waals surface area contributed by atoms with E-state index < -0.39 is 10.0 Å². The number of anilines is 1. The maximum Gasteiger partial charge on any atom is 0.231 e. The molecule has 0 radical (unpaired) electrons. The van der Waals surface area contributed by atoms with E-state index in [-0.39, 0.29) is 6.10 Å². The van der Waals surface area contributed by atoms with Gasteiger partial charge in [0, 0.05) is 26.7 Å². The molecule has 0 saturated carbocycles. The molecule has 164 valence electrons. The number of hydrogen-bond acceptors (Lipinski definition) is 4. The van der Waals surface area contributed by atoms with Crippen LogP contribution in [0, 0.1) is 6.92 Å². The van der Waals surface area contributed by atoms with Gasteiger partial charge < -0.3 is 9.64 Å². The van der Waals surface area contributed by atoms with Crippen molar-refractivity contribution < 1.29 is 17.9 Å². The molecule has 0 unspecified atom stereocenters. The van der Waals surface area contributed by atoms with E-state index in [4.69, 9.17) is 4.74 Å². The molecule has 0 aliphatic rings. The average Bonchev–Trinajstić information content (AvgIpc) is 2.68. The van der Waals surface area contributed by atoms with Gasteiger partial charge in [-0.15, -0.1) is 0 Å². The molecule has 2 aromatic carbocycles. The van der Waals surface area contributed by atoms with Crippen molar-refractivity contribution in [3.8, 4) is 11.1 Å². The van der Waals surface area contributed by atoms with Crippen molar-refractivity contribution in [2.45, 2.75) is 39.8 Å². The number of carbonyl (C=O) groups excluding carboxylic acids is 1. The summed E-state index contributed by atoms with van der Waals surface area (Å²) in [4.78, 5) is 13.3. The van der Waals surface area contributed by atoms with Gasteiger partial charge in [-0.2, -0.15) is 0 Å². The Kier molecular flexibility index (Phi) is 8.43.